The fourth-order valence-electron chi connectivity index (χ4n) is 1.17. The normalized spacial score (nSPS) is 12.1. The highest BCUT2D eigenvalue weighted by Gasteiger charge is 2.03. The third-order valence-corrected chi connectivity index (χ3v) is 2.07. The highest BCUT2D eigenvalue weighted by molar-refractivity contribution is 5.85. The number of aliphatic carboxylic acids is 1. The van der Waals surface area contributed by atoms with Crippen molar-refractivity contribution in [3.05, 3.63) is 11.6 Å². The van der Waals surface area contributed by atoms with Crippen molar-refractivity contribution in [3.63, 3.8) is 0 Å². The van der Waals surface area contributed by atoms with Crippen molar-refractivity contribution >= 4 is 5.97 Å². The number of hydrogen-bond acceptors (Lipinski definition) is 4. The second-order valence-electron chi connectivity index (χ2n) is 3.27. The van der Waals surface area contributed by atoms with Gasteiger partial charge in [0, 0.05) is 25.2 Å². The summed E-state index contributed by atoms with van der Waals surface area (Å²) in [6, 6.07) is 0. The van der Waals surface area contributed by atoms with E-state index < -0.39 is 5.97 Å². The topological polar surface area (TPSA) is 81.0 Å². The largest absolute Gasteiger partial charge is 0.478 e. The van der Waals surface area contributed by atoms with E-state index in [-0.39, 0.29) is 13.2 Å². The van der Waals surface area contributed by atoms with Crippen molar-refractivity contribution in [1.29, 1.82) is 0 Å². The summed E-state index contributed by atoms with van der Waals surface area (Å²) in [6.07, 6.45) is 2.25. The van der Waals surface area contributed by atoms with Crippen molar-refractivity contribution in [1.82, 2.24) is 4.90 Å². The van der Waals surface area contributed by atoms with Crippen LogP contribution in [0.4, 0.5) is 0 Å². The molecule has 0 aromatic heterocycles. The summed E-state index contributed by atoms with van der Waals surface area (Å²) in [5.41, 5.74) is 0.322. The molecule has 0 aliphatic rings. The number of aliphatic hydroxyl groups is 2. The number of aliphatic hydroxyl groups excluding tert-OH is 2. The highest BCUT2D eigenvalue weighted by atomic mass is 16.4. The van der Waals surface area contributed by atoms with Gasteiger partial charge < -0.3 is 15.3 Å². The maximum absolute atomic E-state index is 10.5. The van der Waals surface area contributed by atoms with Crippen LogP contribution in [0.2, 0.25) is 0 Å². The van der Waals surface area contributed by atoms with E-state index >= 15 is 0 Å². The molecule has 0 saturated carbocycles. The molecule has 0 spiro atoms. The number of rotatable bonds is 8. The lowest BCUT2D eigenvalue weighted by molar-refractivity contribution is -0.132. The van der Waals surface area contributed by atoms with E-state index in [1.54, 1.807) is 13.0 Å². The fraction of sp³-hybridized carbons (Fsp3) is 0.700. The van der Waals surface area contributed by atoms with E-state index in [9.17, 15) is 4.79 Å². The molecule has 15 heavy (non-hydrogen) atoms. The van der Waals surface area contributed by atoms with Gasteiger partial charge in [0.2, 0.25) is 0 Å². The molecule has 5 heteroatoms. The standard InChI is InChI=1S/C10H19NO4/c1-9(10(14)15)3-2-4-11(5-7-12)6-8-13/h3,12-13H,2,4-8H2,1H3,(H,14,15). The average molecular weight is 217 g/mol. The minimum atomic E-state index is -0.911. The van der Waals surface area contributed by atoms with E-state index in [1.807, 2.05) is 4.90 Å². The average Bonchev–Trinajstić information content (AvgIpc) is 2.18. The van der Waals surface area contributed by atoms with Crippen molar-refractivity contribution < 1.29 is 20.1 Å². The summed E-state index contributed by atoms with van der Waals surface area (Å²) >= 11 is 0. The van der Waals surface area contributed by atoms with Gasteiger partial charge in [-0.3, -0.25) is 4.90 Å². The molecule has 0 amide bonds. The van der Waals surface area contributed by atoms with Crippen molar-refractivity contribution in [3.8, 4) is 0 Å². The zero-order valence-corrected chi connectivity index (χ0v) is 9.02. The molecule has 0 bridgehead atoms. The molecule has 88 valence electrons. The molecule has 0 fully saturated rings. The summed E-state index contributed by atoms with van der Waals surface area (Å²) in [7, 11) is 0. The highest BCUT2D eigenvalue weighted by Crippen LogP contribution is 1.98. The lowest BCUT2D eigenvalue weighted by atomic mass is 10.2. The molecule has 0 aromatic carbocycles. The van der Waals surface area contributed by atoms with Gasteiger partial charge in [-0.05, 0) is 13.3 Å². The summed E-state index contributed by atoms with van der Waals surface area (Å²) in [6.45, 7) is 3.28. The van der Waals surface area contributed by atoms with Gasteiger partial charge in [0.05, 0.1) is 13.2 Å². The van der Waals surface area contributed by atoms with Crippen molar-refractivity contribution in [2.75, 3.05) is 32.8 Å². The molecule has 0 aromatic rings. The SMILES string of the molecule is CC(=CCCN(CCO)CCO)C(=O)O. The Balaban J connectivity index is 3.88. The van der Waals surface area contributed by atoms with E-state index in [0.29, 0.717) is 31.6 Å². The number of nitrogens with zero attached hydrogens (tertiary/aromatic N) is 1. The summed E-state index contributed by atoms with van der Waals surface area (Å²) < 4.78 is 0. The third kappa shape index (κ3) is 7.07. The van der Waals surface area contributed by atoms with Crippen LogP contribution in [0.25, 0.3) is 0 Å². The fourth-order valence-corrected chi connectivity index (χ4v) is 1.17. The minimum Gasteiger partial charge on any atom is -0.478 e. The number of hydrogen-bond donors (Lipinski definition) is 3. The van der Waals surface area contributed by atoms with Gasteiger partial charge in [0.25, 0.3) is 0 Å². The first-order valence-corrected chi connectivity index (χ1v) is 4.96. The van der Waals surface area contributed by atoms with Crippen LogP contribution in [-0.4, -0.2) is 59.0 Å². The number of carbonyl (C=O) groups is 1. The first kappa shape index (κ1) is 14.1. The molecule has 3 N–H and O–H groups in total. The molecule has 0 rings (SSSR count). The van der Waals surface area contributed by atoms with Crippen molar-refractivity contribution in [2.24, 2.45) is 0 Å². The Labute approximate surface area is 89.6 Å². The maximum atomic E-state index is 10.5. The van der Waals surface area contributed by atoms with Crippen LogP contribution in [0.3, 0.4) is 0 Å². The quantitative estimate of drug-likeness (QED) is 0.486. The molecule has 0 heterocycles. The molecular weight excluding hydrogens is 198 g/mol. The smallest absolute Gasteiger partial charge is 0.330 e. The molecular formula is C10H19NO4. The molecule has 0 aliphatic carbocycles. The monoisotopic (exact) mass is 217 g/mol. The van der Waals surface area contributed by atoms with Gasteiger partial charge in [-0.2, -0.15) is 0 Å². The summed E-state index contributed by atoms with van der Waals surface area (Å²) in [4.78, 5) is 12.3. The summed E-state index contributed by atoms with van der Waals surface area (Å²) in [5, 5.41) is 26.0. The van der Waals surface area contributed by atoms with Crippen LogP contribution in [0.5, 0.6) is 0 Å². The predicted molar refractivity (Wildman–Crippen MR) is 56.6 cm³/mol. The Morgan fingerprint density at radius 3 is 2.13 bits per heavy atom. The van der Waals surface area contributed by atoms with Crippen LogP contribution in [0, 0.1) is 0 Å². The zero-order chi connectivity index (χ0) is 11.7. The Hall–Kier alpha value is -0.910. The van der Waals surface area contributed by atoms with E-state index in [1.165, 1.54) is 0 Å². The van der Waals surface area contributed by atoms with Gasteiger partial charge in [-0.25, -0.2) is 4.79 Å². The Morgan fingerprint density at radius 2 is 1.73 bits per heavy atom. The van der Waals surface area contributed by atoms with Gasteiger partial charge in [0.1, 0.15) is 0 Å². The first-order valence-electron chi connectivity index (χ1n) is 4.96. The van der Waals surface area contributed by atoms with E-state index in [0.717, 1.165) is 0 Å². The third-order valence-electron chi connectivity index (χ3n) is 2.07. The van der Waals surface area contributed by atoms with Gasteiger partial charge in [-0.15, -0.1) is 0 Å². The molecule has 0 aliphatic heterocycles. The Morgan fingerprint density at radius 1 is 1.20 bits per heavy atom. The van der Waals surface area contributed by atoms with Crippen LogP contribution >= 0.6 is 0 Å². The van der Waals surface area contributed by atoms with E-state index in [2.05, 4.69) is 0 Å². The van der Waals surface area contributed by atoms with E-state index in [4.69, 9.17) is 15.3 Å². The number of carboxylic acid groups (broad SMARTS) is 1. The molecule has 0 unspecified atom stereocenters. The van der Waals surface area contributed by atoms with Gasteiger partial charge >= 0.3 is 5.97 Å². The van der Waals surface area contributed by atoms with Crippen LogP contribution in [0.15, 0.2) is 11.6 Å². The minimum absolute atomic E-state index is 0.0433. The van der Waals surface area contributed by atoms with Crippen LogP contribution < -0.4 is 0 Å². The number of carboxylic acids is 1. The molecule has 0 atom stereocenters. The van der Waals surface area contributed by atoms with Gasteiger partial charge in [-0.1, -0.05) is 6.08 Å². The molecule has 0 saturated heterocycles. The molecule has 0 radical (unpaired) electrons. The second-order valence-corrected chi connectivity index (χ2v) is 3.27. The molecule has 5 nitrogen and oxygen atoms in total. The predicted octanol–water partition coefficient (Wildman–Crippen LogP) is -0.306. The lowest BCUT2D eigenvalue weighted by Crippen LogP contribution is -2.30. The first-order chi connectivity index (χ1) is 7.11. The van der Waals surface area contributed by atoms with Crippen molar-refractivity contribution in [2.45, 2.75) is 13.3 Å². The second kappa shape index (κ2) is 8.40. The Bertz CT molecular complexity index is 209. The van der Waals surface area contributed by atoms with Crippen LogP contribution in [0.1, 0.15) is 13.3 Å². The van der Waals surface area contributed by atoms with Crippen LogP contribution in [-0.2, 0) is 4.79 Å². The Kier molecular flexibility index (Phi) is 7.89. The lowest BCUT2D eigenvalue weighted by Gasteiger charge is -2.18. The zero-order valence-electron chi connectivity index (χ0n) is 9.02. The van der Waals surface area contributed by atoms with Gasteiger partial charge in [0.15, 0.2) is 0 Å². The summed E-state index contributed by atoms with van der Waals surface area (Å²) in [5.74, 6) is -0.911. The maximum Gasteiger partial charge on any atom is 0.330 e.